The van der Waals surface area contributed by atoms with Gasteiger partial charge >= 0.3 is 12.1 Å². The quantitative estimate of drug-likeness (QED) is 0.732. The number of likely N-dealkylation sites (tertiary alicyclic amines) is 2. The third kappa shape index (κ3) is 4.71. The molecule has 0 bridgehead atoms. The molecular formula is C26H31N5O3. The lowest BCUT2D eigenvalue weighted by atomic mass is 10.0. The maximum absolute atomic E-state index is 13.0. The zero-order valence-corrected chi connectivity index (χ0v) is 19.3. The van der Waals surface area contributed by atoms with Crippen LogP contribution in [0, 0.1) is 0 Å². The summed E-state index contributed by atoms with van der Waals surface area (Å²) in [6.45, 7) is 3.00. The number of carbonyl (C=O) groups excluding carboxylic acids is 3. The number of para-hydroxylation sites is 1. The molecule has 1 atom stereocenters. The second kappa shape index (κ2) is 9.75. The fourth-order valence-electron chi connectivity index (χ4n) is 5.17. The summed E-state index contributed by atoms with van der Waals surface area (Å²) in [5.74, 6) is -0.0120. The summed E-state index contributed by atoms with van der Waals surface area (Å²) in [6.07, 6.45) is 2.99. The highest BCUT2D eigenvalue weighted by Crippen LogP contribution is 2.27. The van der Waals surface area contributed by atoms with Crippen LogP contribution in [0.3, 0.4) is 0 Å². The molecule has 0 unspecified atom stereocenters. The van der Waals surface area contributed by atoms with Crippen LogP contribution in [0.1, 0.15) is 36.8 Å². The van der Waals surface area contributed by atoms with Gasteiger partial charge < -0.3 is 25.3 Å². The smallest absolute Gasteiger partial charge is 0.322 e. The van der Waals surface area contributed by atoms with Gasteiger partial charge in [0.05, 0.1) is 0 Å². The third-order valence-electron chi connectivity index (χ3n) is 7.10. The van der Waals surface area contributed by atoms with E-state index in [1.165, 1.54) is 0 Å². The van der Waals surface area contributed by atoms with Crippen molar-refractivity contribution in [2.24, 2.45) is 0 Å². The van der Waals surface area contributed by atoms with Crippen molar-refractivity contribution >= 4 is 23.7 Å². The standard InChI is InChI=1S/C26H31N5O3/c32-24-23(11-6-14-30(24)17-19-7-2-1-3-8-19)28-25(33)29-15-12-21(13-16-29)31-18-20-9-4-5-10-22(20)27-26(31)34/h1-5,7-10,21,23H,6,11-18H2,(H,27,34)(H,28,33)/t23-/m1/s1. The molecule has 5 rings (SSSR count). The van der Waals surface area contributed by atoms with Gasteiger partial charge in [-0.15, -0.1) is 0 Å². The molecule has 2 fully saturated rings. The summed E-state index contributed by atoms with van der Waals surface area (Å²) in [4.78, 5) is 44.0. The van der Waals surface area contributed by atoms with Gasteiger partial charge in [-0.05, 0) is 42.9 Å². The van der Waals surface area contributed by atoms with E-state index < -0.39 is 6.04 Å². The molecule has 2 aromatic rings. The van der Waals surface area contributed by atoms with Crippen molar-refractivity contribution in [1.29, 1.82) is 0 Å². The Labute approximate surface area is 199 Å². The molecule has 0 spiro atoms. The van der Waals surface area contributed by atoms with Crippen LogP contribution in [0.5, 0.6) is 0 Å². The largest absolute Gasteiger partial charge is 0.337 e. The summed E-state index contributed by atoms with van der Waals surface area (Å²) in [6, 6.07) is 17.1. The fraction of sp³-hybridized carbons (Fsp3) is 0.423. The Balaban J connectivity index is 1.13. The monoisotopic (exact) mass is 461 g/mol. The first-order valence-corrected chi connectivity index (χ1v) is 12.1. The number of amides is 5. The molecule has 0 saturated carbocycles. The van der Waals surface area contributed by atoms with Crippen LogP contribution in [0.15, 0.2) is 54.6 Å². The number of hydrogen-bond donors (Lipinski definition) is 2. The second-order valence-electron chi connectivity index (χ2n) is 9.32. The molecule has 3 aliphatic heterocycles. The Morgan fingerprint density at radius 1 is 0.941 bits per heavy atom. The Hall–Kier alpha value is -3.55. The Kier molecular flexibility index (Phi) is 6.38. The van der Waals surface area contributed by atoms with Crippen LogP contribution in [-0.4, -0.2) is 64.4 Å². The van der Waals surface area contributed by atoms with Crippen LogP contribution in [0.2, 0.25) is 0 Å². The third-order valence-corrected chi connectivity index (χ3v) is 7.10. The molecule has 34 heavy (non-hydrogen) atoms. The van der Waals surface area contributed by atoms with E-state index in [9.17, 15) is 14.4 Å². The van der Waals surface area contributed by atoms with Gasteiger partial charge in [0.1, 0.15) is 6.04 Å². The minimum atomic E-state index is -0.480. The van der Waals surface area contributed by atoms with Gasteiger partial charge in [-0.3, -0.25) is 4.79 Å². The first-order chi connectivity index (χ1) is 16.6. The van der Waals surface area contributed by atoms with Crippen molar-refractivity contribution in [1.82, 2.24) is 20.0 Å². The van der Waals surface area contributed by atoms with E-state index in [1.807, 2.05) is 64.4 Å². The minimum Gasteiger partial charge on any atom is -0.337 e. The Morgan fingerprint density at radius 2 is 1.68 bits per heavy atom. The molecule has 8 heteroatoms. The van der Waals surface area contributed by atoms with Crippen LogP contribution in [-0.2, 0) is 17.9 Å². The first-order valence-electron chi connectivity index (χ1n) is 12.1. The summed E-state index contributed by atoms with van der Waals surface area (Å²) >= 11 is 0. The second-order valence-corrected chi connectivity index (χ2v) is 9.32. The van der Waals surface area contributed by atoms with E-state index in [0.717, 1.165) is 36.1 Å². The van der Waals surface area contributed by atoms with Crippen LogP contribution < -0.4 is 10.6 Å². The van der Waals surface area contributed by atoms with Gasteiger partial charge in [0.25, 0.3) is 0 Å². The number of carbonyl (C=O) groups is 3. The fourth-order valence-corrected chi connectivity index (χ4v) is 5.17. The van der Waals surface area contributed by atoms with Gasteiger partial charge in [-0.2, -0.15) is 0 Å². The number of benzene rings is 2. The molecule has 2 N–H and O–H groups in total. The summed E-state index contributed by atoms with van der Waals surface area (Å²) in [5.41, 5.74) is 3.08. The maximum Gasteiger partial charge on any atom is 0.322 e. The molecular weight excluding hydrogens is 430 g/mol. The van der Waals surface area contributed by atoms with Crippen LogP contribution in [0.4, 0.5) is 15.3 Å². The SMILES string of the molecule is O=C(N[C@@H]1CCCN(Cc2ccccc2)C1=O)N1CCC(N2Cc3ccccc3NC2=O)CC1. The predicted molar refractivity (Wildman–Crippen MR) is 129 cm³/mol. The van der Waals surface area contributed by atoms with E-state index in [-0.39, 0.29) is 24.0 Å². The van der Waals surface area contributed by atoms with E-state index in [0.29, 0.717) is 39.1 Å². The number of nitrogens with one attached hydrogen (secondary N) is 2. The van der Waals surface area contributed by atoms with Crippen molar-refractivity contribution < 1.29 is 14.4 Å². The van der Waals surface area contributed by atoms with Gasteiger partial charge in [0, 0.05) is 44.5 Å². The number of rotatable bonds is 4. The topological polar surface area (TPSA) is 85.0 Å². The van der Waals surface area contributed by atoms with Gasteiger partial charge in [0.2, 0.25) is 5.91 Å². The highest BCUT2D eigenvalue weighted by Gasteiger charge is 2.35. The lowest BCUT2D eigenvalue weighted by molar-refractivity contribution is -0.136. The molecule has 3 heterocycles. The Bertz CT molecular complexity index is 1050. The van der Waals surface area contributed by atoms with Crippen molar-refractivity contribution in [2.45, 2.75) is 50.9 Å². The van der Waals surface area contributed by atoms with Gasteiger partial charge in [0.15, 0.2) is 0 Å². The number of urea groups is 2. The van der Waals surface area contributed by atoms with Crippen molar-refractivity contribution in [3.63, 3.8) is 0 Å². The summed E-state index contributed by atoms with van der Waals surface area (Å²) < 4.78 is 0. The Morgan fingerprint density at radius 3 is 2.47 bits per heavy atom. The average molecular weight is 462 g/mol. The molecule has 178 valence electrons. The van der Waals surface area contributed by atoms with E-state index in [1.54, 1.807) is 4.90 Å². The van der Waals surface area contributed by atoms with E-state index >= 15 is 0 Å². The lowest BCUT2D eigenvalue weighted by Crippen LogP contribution is -2.57. The molecule has 0 aromatic heterocycles. The number of nitrogens with zero attached hydrogens (tertiary/aromatic N) is 3. The molecule has 8 nitrogen and oxygen atoms in total. The normalized spacial score (nSPS) is 21.2. The van der Waals surface area contributed by atoms with Gasteiger partial charge in [-0.1, -0.05) is 48.5 Å². The van der Waals surface area contributed by atoms with E-state index in [4.69, 9.17) is 0 Å². The highest BCUT2D eigenvalue weighted by molar-refractivity contribution is 5.92. The van der Waals surface area contributed by atoms with Crippen LogP contribution >= 0.6 is 0 Å². The van der Waals surface area contributed by atoms with Crippen molar-refractivity contribution in [3.05, 3.63) is 65.7 Å². The van der Waals surface area contributed by atoms with Crippen LogP contribution in [0.25, 0.3) is 0 Å². The molecule has 5 amide bonds. The number of hydrogen-bond acceptors (Lipinski definition) is 3. The predicted octanol–water partition coefficient (Wildman–Crippen LogP) is 3.40. The molecule has 3 aliphatic rings. The zero-order valence-electron chi connectivity index (χ0n) is 19.3. The minimum absolute atomic E-state index is 0.0120. The lowest BCUT2D eigenvalue weighted by Gasteiger charge is -2.41. The van der Waals surface area contributed by atoms with Crippen molar-refractivity contribution in [2.75, 3.05) is 25.0 Å². The first kappa shape index (κ1) is 22.3. The summed E-state index contributed by atoms with van der Waals surface area (Å²) in [7, 11) is 0. The molecule has 0 radical (unpaired) electrons. The number of fused-ring (bicyclic) bond motifs is 1. The molecule has 0 aliphatic carbocycles. The number of piperidine rings is 2. The average Bonchev–Trinajstić information content (AvgIpc) is 2.87. The summed E-state index contributed by atoms with van der Waals surface area (Å²) in [5, 5.41) is 5.95. The van der Waals surface area contributed by atoms with Gasteiger partial charge in [-0.25, -0.2) is 9.59 Å². The zero-order chi connectivity index (χ0) is 23.5. The van der Waals surface area contributed by atoms with E-state index in [2.05, 4.69) is 10.6 Å². The maximum atomic E-state index is 13.0. The molecule has 2 aromatic carbocycles. The highest BCUT2D eigenvalue weighted by atomic mass is 16.2. The number of anilines is 1. The molecule has 2 saturated heterocycles. The van der Waals surface area contributed by atoms with Crippen molar-refractivity contribution in [3.8, 4) is 0 Å².